The van der Waals surface area contributed by atoms with Gasteiger partial charge in [0.15, 0.2) is 0 Å². The second-order valence-electron chi connectivity index (χ2n) is 4.83. The largest absolute Gasteiger partial charge is 0.376 e. The van der Waals surface area contributed by atoms with Crippen LogP contribution < -0.4 is 5.32 Å². The Morgan fingerprint density at radius 2 is 1.00 bits per heavy atom. The molecule has 1 N–H and O–H groups in total. The summed E-state index contributed by atoms with van der Waals surface area (Å²) in [6.45, 7) is 18.0. The number of hydrogen-bond acceptors (Lipinski definition) is 3. The molecule has 0 rings (SSSR count). The zero-order valence-corrected chi connectivity index (χ0v) is 13.3. The molecule has 0 radical (unpaired) electrons. The Morgan fingerprint density at radius 1 is 0.667 bits per heavy atom. The molecule has 0 aromatic carbocycles. The molecule has 0 aliphatic heterocycles. The van der Waals surface area contributed by atoms with Crippen LogP contribution in [-0.4, -0.2) is 38.5 Å². The fourth-order valence-electron chi connectivity index (χ4n) is 1.93. The van der Waals surface area contributed by atoms with E-state index >= 15 is 0 Å². The number of hydrogen-bond donors (Lipinski definition) is 1. The molecular formula is C18H31NO2. The van der Waals surface area contributed by atoms with Crippen molar-refractivity contribution in [3.8, 4) is 0 Å². The van der Waals surface area contributed by atoms with Crippen molar-refractivity contribution in [3.63, 3.8) is 0 Å². The lowest BCUT2D eigenvalue weighted by atomic mass is 10.2. The third-order valence-corrected chi connectivity index (χ3v) is 2.98. The first-order valence-electron chi connectivity index (χ1n) is 7.65. The molecule has 0 bridgehead atoms. The van der Waals surface area contributed by atoms with Gasteiger partial charge in [0.1, 0.15) is 0 Å². The Balaban J connectivity index is 3.57. The SMILES string of the molecule is C=CCC(CC=C)OCCNCCOC(CC=C)CC=C. The van der Waals surface area contributed by atoms with Gasteiger partial charge < -0.3 is 14.8 Å². The van der Waals surface area contributed by atoms with Crippen LogP contribution in [0, 0.1) is 0 Å². The van der Waals surface area contributed by atoms with E-state index in [2.05, 4.69) is 31.6 Å². The quantitative estimate of drug-likeness (QED) is 0.348. The first-order valence-corrected chi connectivity index (χ1v) is 7.65. The van der Waals surface area contributed by atoms with E-state index in [4.69, 9.17) is 9.47 Å². The Labute approximate surface area is 130 Å². The fraction of sp³-hybridized carbons (Fsp3) is 0.556. The van der Waals surface area contributed by atoms with E-state index in [0.29, 0.717) is 13.2 Å². The zero-order chi connectivity index (χ0) is 15.8. The predicted octanol–water partition coefficient (Wildman–Crippen LogP) is 3.65. The standard InChI is InChI=1S/C18H31NO2/c1-5-9-17(10-6-2)20-15-13-19-14-16-21-18(11-7-3)12-8-4/h5-8,17-19H,1-4,9-16H2. The summed E-state index contributed by atoms with van der Waals surface area (Å²) in [5.74, 6) is 0. The summed E-state index contributed by atoms with van der Waals surface area (Å²) in [6, 6.07) is 0. The fourth-order valence-corrected chi connectivity index (χ4v) is 1.93. The van der Waals surface area contributed by atoms with Crippen molar-refractivity contribution in [1.82, 2.24) is 5.32 Å². The van der Waals surface area contributed by atoms with Crippen molar-refractivity contribution in [1.29, 1.82) is 0 Å². The lowest BCUT2D eigenvalue weighted by Crippen LogP contribution is -2.27. The molecule has 0 aliphatic rings. The molecule has 3 nitrogen and oxygen atoms in total. The highest BCUT2D eigenvalue weighted by atomic mass is 16.5. The molecule has 0 aromatic heterocycles. The highest BCUT2D eigenvalue weighted by molar-refractivity contribution is 4.81. The van der Waals surface area contributed by atoms with Crippen molar-refractivity contribution < 1.29 is 9.47 Å². The molecule has 0 saturated heterocycles. The predicted molar refractivity (Wildman–Crippen MR) is 91.6 cm³/mol. The molecule has 0 aromatic rings. The molecule has 0 heterocycles. The summed E-state index contributed by atoms with van der Waals surface area (Å²) in [5.41, 5.74) is 0. The van der Waals surface area contributed by atoms with Gasteiger partial charge in [-0.05, 0) is 25.7 Å². The maximum Gasteiger partial charge on any atom is 0.0644 e. The van der Waals surface area contributed by atoms with Crippen LogP contribution in [0.4, 0.5) is 0 Å². The van der Waals surface area contributed by atoms with Crippen LogP contribution in [-0.2, 0) is 9.47 Å². The van der Waals surface area contributed by atoms with Gasteiger partial charge in [0, 0.05) is 13.1 Å². The van der Waals surface area contributed by atoms with E-state index in [1.807, 2.05) is 24.3 Å². The molecule has 3 heteroatoms. The average molecular weight is 293 g/mol. The van der Waals surface area contributed by atoms with Crippen molar-refractivity contribution in [2.24, 2.45) is 0 Å². The van der Waals surface area contributed by atoms with E-state index in [1.54, 1.807) is 0 Å². The van der Waals surface area contributed by atoms with E-state index < -0.39 is 0 Å². The van der Waals surface area contributed by atoms with Crippen LogP contribution in [0.25, 0.3) is 0 Å². The van der Waals surface area contributed by atoms with Gasteiger partial charge in [-0.15, -0.1) is 26.3 Å². The Hall–Kier alpha value is -1.16. The smallest absolute Gasteiger partial charge is 0.0644 e. The topological polar surface area (TPSA) is 30.5 Å². The van der Waals surface area contributed by atoms with Gasteiger partial charge in [0.05, 0.1) is 25.4 Å². The highest BCUT2D eigenvalue weighted by Gasteiger charge is 2.05. The second-order valence-corrected chi connectivity index (χ2v) is 4.83. The van der Waals surface area contributed by atoms with Crippen LogP contribution in [0.1, 0.15) is 25.7 Å². The van der Waals surface area contributed by atoms with Gasteiger partial charge in [-0.2, -0.15) is 0 Å². The van der Waals surface area contributed by atoms with Gasteiger partial charge >= 0.3 is 0 Å². The average Bonchev–Trinajstić information content (AvgIpc) is 2.47. The van der Waals surface area contributed by atoms with Crippen LogP contribution in [0.3, 0.4) is 0 Å². The summed E-state index contributed by atoms with van der Waals surface area (Å²) in [6.07, 6.45) is 11.4. The molecule has 0 amide bonds. The van der Waals surface area contributed by atoms with Crippen molar-refractivity contribution in [3.05, 3.63) is 50.6 Å². The summed E-state index contributed by atoms with van der Waals surface area (Å²) in [5, 5.41) is 3.31. The molecule has 0 atom stereocenters. The van der Waals surface area contributed by atoms with Crippen molar-refractivity contribution >= 4 is 0 Å². The third-order valence-electron chi connectivity index (χ3n) is 2.98. The minimum Gasteiger partial charge on any atom is -0.376 e. The Kier molecular flexibility index (Phi) is 14.4. The van der Waals surface area contributed by atoms with Crippen molar-refractivity contribution in [2.75, 3.05) is 26.3 Å². The monoisotopic (exact) mass is 293 g/mol. The van der Waals surface area contributed by atoms with Gasteiger partial charge in [-0.25, -0.2) is 0 Å². The lowest BCUT2D eigenvalue weighted by molar-refractivity contribution is 0.0486. The third kappa shape index (κ3) is 12.3. The highest BCUT2D eigenvalue weighted by Crippen LogP contribution is 2.05. The van der Waals surface area contributed by atoms with Crippen LogP contribution in [0.2, 0.25) is 0 Å². The number of ether oxygens (including phenoxy) is 2. The van der Waals surface area contributed by atoms with Gasteiger partial charge in [0.2, 0.25) is 0 Å². The normalized spacial score (nSPS) is 10.8. The lowest BCUT2D eigenvalue weighted by Gasteiger charge is -2.16. The molecule has 21 heavy (non-hydrogen) atoms. The van der Waals surface area contributed by atoms with E-state index in [1.165, 1.54) is 0 Å². The first kappa shape index (κ1) is 19.8. The van der Waals surface area contributed by atoms with Crippen LogP contribution in [0.15, 0.2) is 50.6 Å². The van der Waals surface area contributed by atoms with Gasteiger partial charge in [0.25, 0.3) is 0 Å². The maximum absolute atomic E-state index is 5.76. The van der Waals surface area contributed by atoms with Crippen LogP contribution in [0.5, 0.6) is 0 Å². The Bertz CT molecular complexity index is 241. The Morgan fingerprint density at radius 3 is 1.29 bits per heavy atom. The first-order chi connectivity index (χ1) is 10.3. The second kappa shape index (κ2) is 15.2. The van der Waals surface area contributed by atoms with E-state index in [-0.39, 0.29) is 12.2 Å². The van der Waals surface area contributed by atoms with Crippen LogP contribution >= 0.6 is 0 Å². The molecular weight excluding hydrogens is 262 g/mol. The summed E-state index contributed by atoms with van der Waals surface area (Å²) < 4.78 is 11.5. The van der Waals surface area contributed by atoms with Gasteiger partial charge in [-0.3, -0.25) is 0 Å². The molecule has 0 aliphatic carbocycles. The molecule has 120 valence electrons. The maximum atomic E-state index is 5.76. The summed E-state index contributed by atoms with van der Waals surface area (Å²) >= 11 is 0. The molecule has 0 saturated carbocycles. The number of nitrogens with one attached hydrogen (secondary N) is 1. The minimum absolute atomic E-state index is 0.197. The van der Waals surface area contributed by atoms with E-state index in [9.17, 15) is 0 Å². The molecule has 0 fully saturated rings. The molecule has 0 unspecified atom stereocenters. The number of rotatable bonds is 16. The minimum atomic E-state index is 0.197. The zero-order valence-electron chi connectivity index (χ0n) is 13.3. The molecule has 0 spiro atoms. The van der Waals surface area contributed by atoms with Gasteiger partial charge in [-0.1, -0.05) is 24.3 Å². The van der Waals surface area contributed by atoms with E-state index in [0.717, 1.165) is 38.8 Å². The summed E-state index contributed by atoms with van der Waals surface area (Å²) in [4.78, 5) is 0. The summed E-state index contributed by atoms with van der Waals surface area (Å²) in [7, 11) is 0. The van der Waals surface area contributed by atoms with Crippen molar-refractivity contribution in [2.45, 2.75) is 37.9 Å².